The number of ether oxygens (including phenoxy) is 1. The Balaban J connectivity index is 3.06. The van der Waals surface area contributed by atoms with Gasteiger partial charge in [0.15, 0.2) is 5.16 Å². The van der Waals surface area contributed by atoms with Crippen LogP contribution in [0.3, 0.4) is 0 Å². The molecule has 0 aromatic carbocycles. The monoisotopic (exact) mass is 286 g/mol. The summed E-state index contributed by atoms with van der Waals surface area (Å²) in [6, 6.07) is 0.196. The maximum Gasteiger partial charge on any atom is 0.313 e. The van der Waals surface area contributed by atoms with Crippen molar-refractivity contribution in [1.82, 2.24) is 9.55 Å². The Labute approximate surface area is 118 Å². The van der Waals surface area contributed by atoms with Gasteiger partial charge in [-0.25, -0.2) is 4.98 Å². The molecule has 108 valence electrons. The highest BCUT2D eigenvalue weighted by Crippen LogP contribution is 2.28. The van der Waals surface area contributed by atoms with E-state index in [1.165, 1.54) is 11.8 Å². The molecule has 0 radical (unpaired) electrons. The first kappa shape index (κ1) is 16.0. The molecule has 0 saturated carbocycles. The van der Waals surface area contributed by atoms with Crippen LogP contribution in [0.2, 0.25) is 0 Å². The number of carboxylic acid groups (broad SMARTS) is 1. The van der Waals surface area contributed by atoms with E-state index in [1.807, 2.05) is 6.20 Å². The molecular weight excluding hydrogens is 264 g/mol. The van der Waals surface area contributed by atoms with Crippen molar-refractivity contribution in [3.05, 3.63) is 11.9 Å². The summed E-state index contributed by atoms with van der Waals surface area (Å²) in [6.07, 6.45) is 2.76. The topological polar surface area (TPSA) is 64.4 Å². The zero-order valence-electron chi connectivity index (χ0n) is 11.9. The van der Waals surface area contributed by atoms with Gasteiger partial charge in [0.2, 0.25) is 0 Å². The Kier molecular flexibility index (Phi) is 6.37. The van der Waals surface area contributed by atoms with Crippen molar-refractivity contribution < 1.29 is 14.6 Å². The van der Waals surface area contributed by atoms with Gasteiger partial charge < -0.3 is 14.4 Å². The predicted molar refractivity (Wildman–Crippen MR) is 75.9 cm³/mol. The lowest BCUT2D eigenvalue weighted by Crippen LogP contribution is -2.18. The molecule has 0 fully saturated rings. The van der Waals surface area contributed by atoms with Crippen LogP contribution in [0.5, 0.6) is 0 Å². The van der Waals surface area contributed by atoms with E-state index in [4.69, 9.17) is 9.84 Å². The van der Waals surface area contributed by atoms with E-state index in [0.29, 0.717) is 12.5 Å². The summed E-state index contributed by atoms with van der Waals surface area (Å²) in [5.41, 5.74) is 1.12. The number of aliphatic carboxylic acids is 1. The van der Waals surface area contributed by atoms with E-state index < -0.39 is 5.97 Å². The van der Waals surface area contributed by atoms with Crippen molar-refractivity contribution in [2.24, 2.45) is 0 Å². The highest BCUT2D eigenvalue weighted by molar-refractivity contribution is 7.99. The van der Waals surface area contributed by atoms with Crippen molar-refractivity contribution >= 4 is 17.7 Å². The smallest absolute Gasteiger partial charge is 0.313 e. The summed E-state index contributed by atoms with van der Waals surface area (Å²) < 4.78 is 7.39. The highest BCUT2D eigenvalue weighted by Gasteiger charge is 2.20. The Morgan fingerprint density at radius 1 is 1.58 bits per heavy atom. The third-order valence-corrected chi connectivity index (χ3v) is 3.85. The van der Waals surface area contributed by atoms with Crippen LogP contribution in [0.25, 0.3) is 0 Å². The van der Waals surface area contributed by atoms with Gasteiger partial charge in [-0.15, -0.1) is 0 Å². The molecule has 1 aromatic rings. The van der Waals surface area contributed by atoms with E-state index in [1.54, 1.807) is 7.11 Å². The van der Waals surface area contributed by atoms with Crippen LogP contribution in [0.4, 0.5) is 0 Å². The second-order valence-corrected chi connectivity index (χ2v) is 5.63. The SMILES string of the molecule is CCC(COC)n1c(C(C)C)cnc1SCC(=O)O. The molecule has 0 aliphatic rings. The number of hydrogen-bond acceptors (Lipinski definition) is 4. The van der Waals surface area contributed by atoms with Gasteiger partial charge in [0, 0.05) is 19.0 Å². The van der Waals surface area contributed by atoms with E-state index in [0.717, 1.165) is 17.3 Å². The molecule has 0 amide bonds. The van der Waals surface area contributed by atoms with Gasteiger partial charge in [0.25, 0.3) is 0 Å². The number of imidazole rings is 1. The number of rotatable bonds is 8. The molecule has 1 atom stereocenters. The molecular formula is C13H22N2O3S. The zero-order valence-corrected chi connectivity index (χ0v) is 12.7. The van der Waals surface area contributed by atoms with Crippen LogP contribution >= 0.6 is 11.8 Å². The number of nitrogens with zero attached hydrogens (tertiary/aromatic N) is 2. The van der Waals surface area contributed by atoms with Crippen LogP contribution < -0.4 is 0 Å². The molecule has 1 unspecified atom stereocenters. The van der Waals surface area contributed by atoms with Crippen LogP contribution in [-0.4, -0.2) is 40.1 Å². The molecule has 0 aliphatic heterocycles. The van der Waals surface area contributed by atoms with E-state index in [2.05, 4.69) is 30.3 Å². The summed E-state index contributed by atoms with van der Waals surface area (Å²) in [5, 5.41) is 9.56. The standard InChI is InChI=1S/C13H22N2O3S/c1-5-10(7-18-4)15-11(9(2)3)6-14-13(15)19-8-12(16)17/h6,9-10H,5,7-8H2,1-4H3,(H,16,17). The molecule has 1 heterocycles. The number of methoxy groups -OCH3 is 1. The lowest BCUT2D eigenvalue weighted by atomic mass is 10.1. The summed E-state index contributed by atoms with van der Waals surface area (Å²) >= 11 is 1.26. The van der Waals surface area contributed by atoms with Crippen molar-refractivity contribution in [1.29, 1.82) is 0 Å². The number of carboxylic acids is 1. The lowest BCUT2D eigenvalue weighted by Gasteiger charge is -2.22. The van der Waals surface area contributed by atoms with Gasteiger partial charge in [0.1, 0.15) is 0 Å². The molecule has 0 saturated heterocycles. The van der Waals surface area contributed by atoms with Gasteiger partial charge in [-0.05, 0) is 12.3 Å². The maximum absolute atomic E-state index is 10.7. The summed E-state index contributed by atoms with van der Waals surface area (Å²) in [5.74, 6) is -0.458. The molecule has 1 N–H and O–H groups in total. The van der Waals surface area contributed by atoms with Crippen LogP contribution in [0, 0.1) is 0 Å². The fraction of sp³-hybridized carbons (Fsp3) is 0.692. The van der Waals surface area contributed by atoms with Crippen LogP contribution in [-0.2, 0) is 9.53 Å². The van der Waals surface area contributed by atoms with Gasteiger partial charge in [-0.3, -0.25) is 4.79 Å². The Morgan fingerprint density at radius 2 is 2.26 bits per heavy atom. The summed E-state index contributed by atoms with van der Waals surface area (Å²) in [4.78, 5) is 15.1. The summed E-state index contributed by atoms with van der Waals surface area (Å²) in [6.45, 7) is 6.92. The molecule has 5 nitrogen and oxygen atoms in total. The van der Waals surface area contributed by atoms with Crippen molar-refractivity contribution in [2.45, 2.75) is 44.3 Å². The number of aromatic nitrogens is 2. The van der Waals surface area contributed by atoms with Gasteiger partial charge in [0.05, 0.1) is 18.4 Å². The largest absolute Gasteiger partial charge is 0.481 e. The molecule has 1 rings (SSSR count). The fourth-order valence-corrected chi connectivity index (χ4v) is 2.72. The molecule has 0 bridgehead atoms. The lowest BCUT2D eigenvalue weighted by molar-refractivity contribution is -0.133. The molecule has 0 aliphatic carbocycles. The second-order valence-electron chi connectivity index (χ2n) is 4.69. The number of carbonyl (C=O) groups is 1. The van der Waals surface area contributed by atoms with Crippen LogP contribution in [0.1, 0.15) is 44.8 Å². The van der Waals surface area contributed by atoms with Gasteiger partial charge >= 0.3 is 5.97 Å². The summed E-state index contributed by atoms with van der Waals surface area (Å²) in [7, 11) is 1.68. The van der Waals surface area contributed by atoms with Crippen molar-refractivity contribution in [3.63, 3.8) is 0 Å². The Morgan fingerprint density at radius 3 is 2.74 bits per heavy atom. The zero-order chi connectivity index (χ0) is 14.4. The molecule has 1 aromatic heterocycles. The molecule has 19 heavy (non-hydrogen) atoms. The minimum Gasteiger partial charge on any atom is -0.481 e. The van der Waals surface area contributed by atoms with E-state index >= 15 is 0 Å². The third-order valence-electron chi connectivity index (χ3n) is 2.90. The van der Waals surface area contributed by atoms with Crippen molar-refractivity contribution in [2.75, 3.05) is 19.5 Å². The molecule has 0 spiro atoms. The van der Waals surface area contributed by atoms with Gasteiger partial charge in [-0.2, -0.15) is 0 Å². The molecule has 6 heteroatoms. The first-order valence-corrected chi connectivity index (χ1v) is 7.40. The Bertz CT molecular complexity index is 418. The second kappa shape index (κ2) is 7.55. The third kappa shape index (κ3) is 4.24. The predicted octanol–water partition coefficient (Wildman–Crippen LogP) is 2.78. The van der Waals surface area contributed by atoms with Crippen molar-refractivity contribution in [3.8, 4) is 0 Å². The van der Waals surface area contributed by atoms with Gasteiger partial charge in [-0.1, -0.05) is 32.5 Å². The average molecular weight is 286 g/mol. The van der Waals surface area contributed by atoms with E-state index in [9.17, 15) is 4.79 Å². The average Bonchev–Trinajstić information content (AvgIpc) is 2.77. The highest BCUT2D eigenvalue weighted by atomic mass is 32.2. The maximum atomic E-state index is 10.7. The normalized spacial score (nSPS) is 12.9. The first-order chi connectivity index (χ1) is 9.01. The van der Waals surface area contributed by atoms with Crippen LogP contribution in [0.15, 0.2) is 11.4 Å². The number of hydrogen-bond donors (Lipinski definition) is 1. The number of thioether (sulfide) groups is 1. The fourth-order valence-electron chi connectivity index (χ4n) is 1.95. The first-order valence-electron chi connectivity index (χ1n) is 6.41. The minimum absolute atomic E-state index is 0.0258. The quantitative estimate of drug-likeness (QED) is 0.744. The van der Waals surface area contributed by atoms with E-state index in [-0.39, 0.29) is 11.8 Å². The Hall–Kier alpha value is -1.01. The minimum atomic E-state index is -0.828.